The Labute approximate surface area is 145 Å². The van der Waals surface area contributed by atoms with Crippen molar-refractivity contribution in [1.82, 2.24) is 10.2 Å². The second-order valence-corrected chi connectivity index (χ2v) is 8.46. The van der Waals surface area contributed by atoms with Crippen LogP contribution >= 0.6 is 34.9 Å². The summed E-state index contributed by atoms with van der Waals surface area (Å²) in [5, 5.41) is 9.96. The van der Waals surface area contributed by atoms with Crippen LogP contribution in [0.25, 0.3) is 0 Å². The number of anilines is 1. The van der Waals surface area contributed by atoms with Crippen molar-refractivity contribution in [2.24, 2.45) is 0 Å². The molecule has 1 atom stereocenters. The monoisotopic (exact) mass is 375 g/mol. The SMILES string of the molecule is CCCSc1nnc(S[C@H](C)C(=O)Nc2cc(F)ccc2F)s1. The van der Waals surface area contributed by atoms with Crippen LogP contribution in [0.2, 0.25) is 0 Å². The number of carbonyl (C=O) groups is 1. The van der Waals surface area contributed by atoms with Gasteiger partial charge in [-0.05, 0) is 25.5 Å². The minimum atomic E-state index is -0.675. The summed E-state index contributed by atoms with van der Waals surface area (Å²) in [5.41, 5.74) is -0.168. The number of halogens is 2. The number of rotatable bonds is 7. The van der Waals surface area contributed by atoms with E-state index in [4.69, 9.17) is 0 Å². The van der Waals surface area contributed by atoms with Gasteiger partial charge in [0, 0.05) is 11.8 Å². The lowest BCUT2D eigenvalue weighted by atomic mass is 10.3. The fraction of sp³-hybridized carbons (Fsp3) is 0.357. The van der Waals surface area contributed by atoms with Crippen molar-refractivity contribution in [1.29, 1.82) is 0 Å². The van der Waals surface area contributed by atoms with Gasteiger partial charge in [0.05, 0.1) is 10.9 Å². The van der Waals surface area contributed by atoms with Crippen LogP contribution in [0.4, 0.5) is 14.5 Å². The Bertz CT molecular complexity index is 681. The van der Waals surface area contributed by atoms with E-state index in [0.29, 0.717) is 4.34 Å². The highest BCUT2D eigenvalue weighted by Gasteiger charge is 2.19. The molecule has 9 heteroatoms. The van der Waals surface area contributed by atoms with E-state index in [9.17, 15) is 13.6 Å². The van der Waals surface area contributed by atoms with E-state index in [0.717, 1.165) is 34.7 Å². The van der Waals surface area contributed by atoms with Gasteiger partial charge < -0.3 is 5.32 Å². The average Bonchev–Trinajstić information content (AvgIpc) is 2.96. The Morgan fingerprint density at radius 1 is 1.35 bits per heavy atom. The molecule has 0 fully saturated rings. The van der Waals surface area contributed by atoms with Gasteiger partial charge in [-0.15, -0.1) is 10.2 Å². The zero-order chi connectivity index (χ0) is 16.8. The highest BCUT2D eigenvalue weighted by atomic mass is 32.2. The molecule has 1 heterocycles. The van der Waals surface area contributed by atoms with Gasteiger partial charge in [0.15, 0.2) is 8.68 Å². The molecular formula is C14H15F2N3OS3. The lowest BCUT2D eigenvalue weighted by Crippen LogP contribution is -2.23. The lowest BCUT2D eigenvalue weighted by Gasteiger charge is -2.10. The quantitative estimate of drug-likeness (QED) is 0.725. The van der Waals surface area contributed by atoms with Crippen LogP contribution in [0.3, 0.4) is 0 Å². The first-order valence-corrected chi connectivity index (χ1v) is 9.56. The van der Waals surface area contributed by atoms with Gasteiger partial charge in [0.25, 0.3) is 0 Å². The van der Waals surface area contributed by atoms with E-state index in [2.05, 4.69) is 22.4 Å². The van der Waals surface area contributed by atoms with Crippen molar-refractivity contribution in [3.8, 4) is 0 Å². The van der Waals surface area contributed by atoms with Gasteiger partial charge in [-0.1, -0.05) is 41.8 Å². The molecule has 4 nitrogen and oxygen atoms in total. The predicted octanol–water partition coefficient (Wildman–Crippen LogP) is 4.44. The van der Waals surface area contributed by atoms with Crippen molar-refractivity contribution in [2.75, 3.05) is 11.1 Å². The maximum absolute atomic E-state index is 13.5. The summed E-state index contributed by atoms with van der Waals surface area (Å²) in [4.78, 5) is 12.1. The lowest BCUT2D eigenvalue weighted by molar-refractivity contribution is -0.115. The first-order chi connectivity index (χ1) is 11.0. The molecule has 0 bridgehead atoms. The highest BCUT2D eigenvalue weighted by molar-refractivity contribution is 8.03. The summed E-state index contributed by atoms with van der Waals surface area (Å²) in [5.74, 6) is -0.735. The molecule has 1 N–H and O–H groups in total. The van der Waals surface area contributed by atoms with E-state index in [1.54, 1.807) is 18.7 Å². The van der Waals surface area contributed by atoms with Crippen LogP contribution in [0.5, 0.6) is 0 Å². The molecule has 0 aliphatic heterocycles. The third kappa shape index (κ3) is 5.43. The molecule has 124 valence electrons. The van der Waals surface area contributed by atoms with Gasteiger partial charge in [0.2, 0.25) is 5.91 Å². The largest absolute Gasteiger partial charge is 0.323 e. The number of hydrogen-bond donors (Lipinski definition) is 1. The first kappa shape index (κ1) is 18.2. The van der Waals surface area contributed by atoms with Crippen molar-refractivity contribution < 1.29 is 13.6 Å². The molecule has 1 amide bonds. The van der Waals surface area contributed by atoms with E-state index < -0.39 is 22.8 Å². The summed E-state index contributed by atoms with van der Waals surface area (Å²) in [6.45, 7) is 3.76. The minimum absolute atomic E-state index is 0.168. The molecule has 1 aromatic heterocycles. The molecule has 0 saturated carbocycles. The molecular weight excluding hydrogens is 360 g/mol. The van der Waals surface area contributed by atoms with Gasteiger partial charge >= 0.3 is 0 Å². The summed E-state index contributed by atoms with van der Waals surface area (Å²) in [6.07, 6.45) is 1.05. The molecule has 0 aliphatic rings. The number of nitrogens with one attached hydrogen (secondary N) is 1. The van der Waals surface area contributed by atoms with Crippen LogP contribution in [-0.4, -0.2) is 27.1 Å². The average molecular weight is 375 g/mol. The van der Waals surface area contributed by atoms with Gasteiger partial charge in [-0.25, -0.2) is 8.78 Å². The maximum atomic E-state index is 13.5. The van der Waals surface area contributed by atoms with Gasteiger partial charge in [0.1, 0.15) is 11.6 Å². The van der Waals surface area contributed by atoms with E-state index >= 15 is 0 Å². The summed E-state index contributed by atoms with van der Waals surface area (Å²) in [7, 11) is 0. The van der Waals surface area contributed by atoms with E-state index in [1.165, 1.54) is 23.1 Å². The van der Waals surface area contributed by atoms with E-state index in [1.807, 2.05) is 0 Å². The molecule has 0 saturated heterocycles. The minimum Gasteiger partial charge on any atom is -0.323 e. The van der Waals surface area contributed by atoms with Gasteiger partial charge in [-0.3, -0.25) is 4.79 Å². The van der Waals surface area contributed by atoms with Crippen LogP contribution in [0, 0.1) is 11.6 Å². The van der Waals surface area contributed by atoms with E-state index in [-0.39, 0.29) is 5.69 Å². The Hall–Kier alpha value is -1.19. The normalized spacial score (nSPS) is 12.2. The van der Waals surface area contributed by atoms with Crippen molar-refractivity contribution in [3.63, 3.8) is 0 Å². The van der Waals surface area contributed by atoms with Crippen LogP contribution in [-0.2, 0) is 4.79 Å². The summed E-state index contributed by atoms with van der Waals surface area (Å²) >= 11 is 4.28. The molecule has 0 spiro atoms. The molecule has 23 heavy (non-hydrogen) atoms. The van der Waals surface area contributed by atoms with Crippen molar-refractivity contribution >= 4 is 46.5 Å². The topological polar surface area (TPSA) is 54.9 Å². The second-order valence-electron chi connectivity index (χ2n) is 4.56. The van der Waals surface area contributed by atoms with Crippen LogP contribution in [0.15, 0.2) is 26.9 Å². The zero-order valence-electron chi connectivity index (χ0n) is 12.5. The number of thioether (sulfide) groups is 2. The summed E-state index contributed by atoms with van der Waals surface area (Å²) < 4.78 is 28.2. The van der Waals surface area contributed by atoms with Gasteiger partial charge in [-0.2, -0.15) is 0 Å². The number of benzene rings is 1. The molecule has 0 unspecified atom stereocenters. The third-order valence-electron chi connectivity index (χ3n) is 2.65. The first-order valence-electron chi connectivity index (χ1n) is 6.88. The Morgan fingerprint density at radius 3 is 2.83 bits per heavy atom. The fourth-order valence-corrected chi connectivity index (χ4v) is 4.61. The molecule has 2 rings (SSSR count). The zero-order valence-corrected chi connectivity index (χ0v) is 15.0. The number of carbonyl (C=O) groups excluding carboxylic acids is 1. The third-order valence-corrected chi connectivity index (χ3v) is 6.10. The molecule has 0 aliphatic carbocycles. The fourth-order valence-electron chi connectivity index (χ4n) is 1.52. The molecule has 1 aromatic carbocycles. The smallest absolute Gasteiger partial charge is 0.237 e. The Balaban J connectivity index is 1.94. The predicted molar refractivity (Wildman–Crippen MR) is 91.2 cm³/mol. The van der Waals surface area contributed by atoms with Crippen molar-refractivity contribution in [3.05, 3.63) is 29.8 Å². The molecule has 2 aromatic rings. The number of aromatic nitrogens is 2. The standard InChI is InChI=1S/C14H15F2N3OS3/c1-3-6-21-13-18-19-14(23-13)22-8(2)12(20)17-11-7-9(15)4-5-10(11)16/h4-5,7-8H,3,6H2,1-2H3,(H,17,20)/t8-/m1/s1. The summed E-state index contributed by atoms with van der Waals surface area (Å²) in [6, 6.07) is 2.93. The Kier molecular flexibility index (Phi) is 6.79. The number of hydrogen-bond acceptors (Lipinski definition) is 6. The Morgan fingerprint density at radius 2 is 2.09 bits per heavy atom. The molecule has 0 radical (unpaired) electrons. The van der Waals surface area contributed by atoms with Crippen molar-refractivity contribution in [2.45, 2.75) is 34.2 Å². The number of nitrogens with zero attached hydrogens (tertiary/aromatic N) is 2. The van der Waals surface area contributed by atoms with Crippen LogP contribution in [0.1, 0.15) is 20.3 Å². The number of amides is 1. The maximum Gasteiger partial charge on any atom is 0.237 e. The second kappa shape index (κ2) is 8.60. The highest BCUT2D eigenvalue weighted by Crippen LogP contribution is 2.31. The van der Waals surface area contributed by atoms with Crippen LogP contribution < -0.4 is 5.32 Å².